The number of hydrogen-bond acceptors (Lipinski definition) is 4. The Morgan fingerprint density at radius 2 is 1.82 bits per heavy atom. The molecular weight excluding hydrogens is 304 g/mol. The number of amides is 1. The van der Waals surface area contributed by atoms with Crippen LogP contribution >= 0.6 is 0 Å². The zero-order valence-corrected chi connectivity index (χ0v) is 13.7. The molecule has 1 aliphatic heterocycles. The van der Waals surface area contributed by atoms with Crippen LogP contribution < -0.4 is 5.32 Å². The van der Waals surface area contributed by atoms with Crippen molar-refractivity contribution >= 4 is 21.7 Å². The van der Waals surface area contributed by atoms with Gasteiger partial charge in [0, 0.05) is 24.2 Å². The molecule has 1 amide bonds. The zero-order chi connectivity index (χ0) is 16.7. The standard InChI is InChI=1S/C15H18N2O4S/c1-9(2)15(19)16-10(3)13-14(18)11-7-5-6-8-12(11)22(20,21)17(13)4/h5-9H,1-4H3,(H,16,19). The first-order valence-electron chi connectivity index (χ1n) is 6.82. The SMILES string of the molecule is CC(NC(=O)C(C)C)=C1C(=O)c2ccccc2S(=O)(=O)N1C. The van der Waals surface area contributed by atoms with Crippen LogP contribution in [-0.2, 0) is 14.8 Å². The minimum absolute atomic E-state index is 0.0192. The first-order valence-corrected chi connectivity index (χ1v) is 8.26. The smallest absolute Gasteiger partial charge is 0.264 e. The highest BCUT2D eigenvalue weighted by molar-refractivity contribution is 7.89. The van der Waals surface area contributed by atoms with Gasteiger partial charge in [0.05, 0.1) is 4.90 Å². The second-order valence-corrected chi connectivity index (χ2v) is 7.35. The third-order valence-electron chi connectivity index (χ3n) is 3.49. The van der Waals surface area contributed by atoms with E-state index in [1.165, 1.54) is 26.1 Å². The van der Waals surface area contributed by atoms with Gasteiger partial charge >= 0.3 is 0 Å². The third-order valence-corrected chi connectivity index (χ3v) is 5.31. The molecule has 1 aromatic carbocycles. The number of nitrogens with zero attached hydrogens (tertiary/aromatic N) is 1. The number of benzene rings is 1. The van der Waals surface area contributed by atoms with Crippen molar-refractivity contribution in [2.75, 3.05) is 7.05 Å². The van der Waals surface area contributed by atoms with E-state index in [9.17, 15) is 18.0 Å². The van der Waals surface area contributed by atoms with Crippen LogP contribution in [0.5, 0.6) is 0 Å². The number of fused-ring (bicyclic) bond motifs is 1. The van der Waals surface area contributed by atoms with Crippen LogP contribution in [0.1, 0.15) is 31.1 Å². The van der Waals surface area contributed by atoms with Gasteiger partial charge in [0.1, 0.15) is 5.70 Å². The lowest BCUT2D eigenvalue weighted by atomic mass is 10.1. The van der Waals surface area contributed by atoms with Gasteiger partial charge in [-0.1, -0.05) is 26.0 Å². The van der Waals surface area contributed by atoms with Crippen LogP contribution in [0.2, 0.25) is 0 Å². The molecule has 22 heavy (non-hydrogen) atoms. The highest BCUT2D eigenvalue weighted by atomic mass is 32.2. The molecule has 1 N–H and O–H groups in total. The summed E-state index contributed by atoms with van der Waals surface area (Å²) in [4.78, 5) is 24.4. The number of Topliss-reactive ketones (excluding diaryl/α,β-unsaturated/α-hetero) is 1. The fourth-order valence-electron chi connectivity index (χ4n) is 2.21. The second kappa shape index (κ2) is 5.57. The van der Waals surface area contributed by atoms with Crippen LogP contribution in [0.4, 0.5) is 0 Å². The summed E-state index contributed by atoms with van der Waals surface area (Å²) in [5, 5.41) is 2.59. The van der Waals surface area contributed by atoms with E-state index in [1.807, 2.05) is 0 Å². The summed E-state index contributed by atoms with van der Waals surface area (Å²) in [6.07, 6.45) is 0. The number of carbonyl (C=O) groups excluding carboxylic acids is 2. The lowest BCUT2D eigenvalue weighted by Crippen LogP contribution is -2.39. The highest BCUT2D eigenvalue weighted by Gasteiger charge is 2.38. The molecule has 1 aromatic rings. The Morgan fingerprint density at radius 3 is 2.41 bits per heavy atom. The molecule has 0 saturated carbocycles. The van der Waals surface area contributed by atoms with E-state index >= 15 is 0 Å². The molecule has 1 heterocycles. The van der Waals surface area contributed by atoms with Crippen LogP contribution in [0.3, 0.4) is 0 Å². The zero-order valence-electron chi connectivity index (χ0n) is 12.9. The average Bonchev–Trinajstić information content (AvgIpc) is 2.45. The van der Waals surface area contributed by atoms with Crippen molar-refractivity contribution in [3.8, 4) is 0 Å². The van der Waals surface area contributed by atoms with Gasteiger partial charge < -0.3 is 5.32 Å². The van der Waals surface area contributed by atoms with Gasteiger partial charge in [0.25, 0.3) is 10.0 Å². The van der Waals surface area contributed by atoms with Crippen molar-refractivity contribution in [2.45, 2.75) is 25.7 Å². The molecule has 0 aromatic heterocycles. The van der Waals surface area contributed by atoms with Gasteiger partial charge in [-0.25, -0.2) is 8.42 Å². The highest BCUT2D eigenvalue weighted by Crippen LogP contribution is 2.31. The van der Waals surface area contributed by atoms with E-state index in [-0.39, 0.29) is 33.7 Å². The molecule has 0 aliphatic carbocycles. The molecule has 7 heteroatoms. The lowest BCUT2D eigenvalue weighted by molar-refractivity contribution is -0.123. The number of sulfonamides is 1. The Kier molecular flexibility index (Phi) is 4.10. The maximum atomic E-state index is 12.6. The summed E-state index contributed by atoms with van der Waals surface area (Å²) in [6.45, 7) is 4.95. The predicted octanol–water partition coefficient (Wildman–Crippen LogP) is 1.51. The fraction of sp³-hybridized carbons (Fsp3) is 0.333. The molecule has 0 atom stereocenters. The van der Waals surface area contributed by atoms with Gasteiger partial charge in [-0.05, 0) is 19.1 Å². The Balaban J connectivity index is 2.60. The summed E-state index contributed by atoms with van der Waals surface area (Å²) in [5.41, 5.74) is 0.311. The molecule has 0 radical (unpaired) electrons. The van der Waals surface area contributed by atoms with Gasteiger partial charge in [-0.2, -0.15) is 0 Å². The van der Waals surface area contributed by atoms with E-state index in [1.54, 1.807) is 26.0 Å². The van der Waals surface area contributed by atoms with Crippen LogP contribution in [0.25, 0.3) is 0 Å². The van der Waals surface area contributed by atoms with Crippen molar-refractivity contribution in [2.24, 2.45) is 5.92 Å². The number of allylic oxidation sites excluding steroid dienone is 2. The summed E-state index contributed by atoms with van der Waals surface area (Å²) < 4.78 is 25.9. The molecule has 1 aliphatic rings. The van der Waals surface area contributed by atoms with Gasteiger partial charge in [-0.15, -0.1) is 0 Å². The molecule has 6 nitrogen and oxygen atoms in total. The number of ketones is 1. The average molecular weight is 322 g/mol. The first-order chi connectivity index (χ1) is 10.2. The maximum absolute atomic E-state index is 12.6. The molecule has 0 bridgehead atoms. The van der Waals surface area contributed by atoms with Gasteiger partial charge in [-0.3, -0.25) is 13.9 Å². The van der Waals surface area contributed by atoms with Crippen molar-refractivity contribution in [1.29, 1.82) is 0 Å². The van der Waals surface area contributed by atoms with E-state index in [2.05, 4.69) is 5.32 Å². The fourth-order valence-corrected chi connectivity index (χ4v) is 3.66. The van der Waals surface area contributed by atoms with Crippen LogP contribution in [0, 0.1) is 5.92 Å². The molecule has 118 valence electrons. The minimum atomic E-state index is -3.80. The van der Waals surface area contributed by atoms with Crippen molar-refractivity contribution in [3.63, 3.8) is 0 Å². The summed E-state index contributed by atoms with van der Waals surface area (Å²) in [5.74, 6) is -0.972. The Morgan fingerprint density at radius 1 is 1.23 bits per heavy atom. The number of likely N-dealkylation sites (N-methyl/N-ethyl adjacent to an activating group) is 1. The normalized spacial score (nSPS) is 19.0. The van der Waals surface area contributed by atoms with E-state index in [4.69, 9.17) is 0 Å². The number of nitrogens with one attached hydrogen (secondary N) is 1. The van der Waals surface area contributed by atoms with Crippen LogP contribution in [-0.4, -0.2) is 31.5 Å². The molecule has 0 unspecified atom stereocenters. The topological polar surface area (TPSA) is 83.5 Å². The minimum Gasteiger partial charge on any atom is -0.328 e. The molecular formula is C15H18N2O4S. The second-order valence-electron chi connectivity index (χ2n) is 5.42. The number of hydrogen-bond donors (Lipinski definition) is 1. The summed E-state index contributed by atoms with van der Waals surface area (Å²) >= 11 is 0. The lowest BCUT2D eigenvalue weighted by Gasteiger charge is -2.29. The van der Waals surface area contributed by atoms with Crippen molar-refractivity contribution in [1.82, 2.24) is 9.62 Å². The van der Waals surface area contributed by atoms with E-state index in [0.717, 1.165) is 4.31 Å². The number of rotatable bonds is 2. The Labute approximate surface area is 129 Å². The van der Waals surface area contributed by atoms with E-state index < -0.39 is 15.8 Å². The molecule has 0 spiro atoms. The first kappa shape index (κ1) is 16.2. The van der Waals surface area contributed by atoms with E-state index in [0.29, 0.717) is 0 Å². The summed E-state index contributed by atoms with van der Waals surface area (Å²) in [6, 6.07) is 6.05. The third kappa shape index (κ3) is 2.52. The number of carbonyl (C=O) groups is 2. The Bertz CT molecular complexity index is 778. The molecule has 0 fully saturated rings. The Hall–Kier alpha value is -2.15. The largest absolute Gasteiger partial charge is 0.328 e. The van der Waals surface area contributed by atoms with Gasteiger partial charge in [0.15, 0.2) is 0 Å². The maximum Gasteiger partial charge on any atom is 0.264 e. The van der Waals surface area contributed by atoms with Crippen LogP contribution in [0.15, 0.2) is 40.6 Å². The quantitative estimate of drug-likeness (QED) is 0.837. The van der Waals surface area contributed by atoms with Crippen molar-refractivity contribution in [3.05, 3.63) is 41.2 Å². The van der Waals surface area contributed by atoms with Gasteiger partial charge in [0.2, 0.25) is 11.7 Å². The summed E-state index contributed by atoms with van der Waals surface area (Å²) in [7, 11) is -2.49. The van der Waals surface area contributed by atoms with Crippen molar-refractivity contribution < 1.29 is 18.0 Å². The molecule has 0 saturated heterocycles. The predicted molar refractivity (Wildman–Crippen MR) is 81.4 cm³/mol. The monoisotopic (exact) mass is 322 g/mol. The molecule has 2 rings (SSSR count).